The standard InChI is InChI=1S/C17H17N3O3/c1-4-23-17-14(15(19)10(2)9-20-17)16(21)12-6-5-11(8-18)7-13(12)22-3/h5-7,9H,4H2,1-3H3,(H2,19,20). The van der Waals surface area contributed by atoms with Gasteiger partial charge in [-0.05, 0) is 37.6 Å². The first kappa shape index (κ1) is 16.3. The molecule has 0 unspecified atom stereocenters. The molecule has 6 heteroatoms. The zero-order chi connectivity index (χ0) is 17.0. The van der Waals surface area contributed by atoms with Crippen LogP contribution in [-0.4, -0.2) is 24.5 Å². The number of nitrogens with two attached hydrogens (primary N) is 1. The minimum absolute atomic E-state index is 0.187. The number of carbonyl (C=O) groups is 1. The molecule has 0 aliphatic heterocycles. The summed E-state index contributed by atoms with van der Waals surface area (Å²) in [5, 5.41) is 8.96. The van der Waals surface area contributed by atoms with Crippen molar-refractivity contribution in [2.45, 2.75) is 13.8 Å². The molecule has 0 radical (unpaired) electrons. The van der Waals surface area contributed by atoms with Crippen LogP contribution in [0, 0.1) is 18.3 Å². The van der Waals surface area contributed by atoms with Gasteiger partial charge in [-0.25, -0.2) is 4.98 Å². The van der Waals surface area contributed by atoms with Crippen molar-refractivity contribution in [3.63, 3.8) is 0 Å². The fourth-order valence-electron chi connectivity index (χ4n) is 2.15. The molecule has 0 bridgehead atoms. The van der Waals surface area contributed by atoms with Crippen molar-refractivity contribution in [3.05, 3.63) is 46.6 Å². The number of nitrogens with zero attached hydrogens (tertiary/aromatic N) is 2. The molecule has 118 valence electrons. The molecule has 0 aliphatic rings. The zero-order valence-electron chi connectivity index (χ0n) is 13.2. The van der Waals surface area contributed by atoms with E-state index in [0.717, 1.165) is 0 Å². The van der Waals surface area contributed by atoms with Crippen molar-refractivity contribution < 1.29 is 14.3 Å². The van der Waals surface area contributed by atoms with Crippen LogP contribution in [0.5, 0.6) is 11.6 Å². The van der Waals surface area contributed by atoms with Crippen LogP contribution < -0.4 is 15.2 Å². The number of nitriles is 1. The van der Waals surface area contributed by atoms with Gasteiger partial charge >= 0.3 is 0 Å². The summed E-state index contributed by atoms with van der Waals surface area (Å²) in [7, 11) is 1.44. The monoisotopic (exact) mass is 311 g/mol. The molecule has 0 atom stereocenters. The van der Waals surface area contributed by atoms with Crippen molar-refractivity contribution >= 4 is 11.5 Å². The predicted molar refractivity (Wildman–Crippen MR) is 85.7 cm³/mol. The molecule has 0 saturated heterocycles. The van der Waals surface area contributed by atoms with E-state index >= 15 is 0 Å². The second-order valence-corrected chi connectivity index (χ2v) is 4.82. The average Bonchev–Trinajstić information content (AvgIpc) is 2.57. The minimum atomic E-state index is -0.358. The Morgan fingerprint density at radius 1 is 1.43 bits per heavy atom. The summed E-state index contributed by atoms with van der Waals surface area (Å²) in [5.74, 6) is 0.132. The third kappa shape index (κ3) is 3.09. The second kappa shape index (κ2) is 6.79. The normalized spacial score (nSPS) is 10.0. The molecule has 1 heterocycles. The number of benzene rings is 1. The zero-order valence-corrected chi connectivity index (χ0v) is 13.2. The quantitative estimate of drug-likeness (QED) is 0.852. The Morgan fingerprint density at radius 2 is 2.17 bits per heavy atom. The molecule has 1 aromatic carbocycles. The molecule has 6 nitrogen and oxygen atoms in total. The number of anilines is 1. The lowest BCUT2D eigenvalue weighted by atomic mass is 9.99. The van der Waals surface area contributed by atoms with Gasteiger partial charge in [0.1, 0.15) is 11.3 Å². The number of nitrogen functional groups attached to an aromatic ring is 1. The topological polar surface area (TPSA) is 98.2 Å². The van der Waals surface area contributed by atoms with Gasteiger partial charge in [-0.3, -0.25) is 4.79 Å². The maximum Gasteiger partial charge on any atom is 0.226 e. The van der Waals surface area contributed by atoms with E-state index < -0.39 is 0 Å². The number of carbonyl (C=O) groups excluding carboxylic acids is 1. The molecule has 0 amide bonds. The van der Waals surface area contributed by atoms with Crippen molar-refractivity contribution in [2.24, 2.45) is 0 Å². The Balaban J connectivity index is 2.62. The Bertz CT molecular complexity index is 794. The lowest BCUT2D eigenvalue weighted by Gasteiger charge is -2.14. The van der Waals surface area contributed by atoms with Crippen LogP contribution in [0.3, 0.4) is 0 Å². The maximum absolute atomic E-state index is 12.9. The maximum atomic E-state index is 12.9. The number of ether oxygens (including phenoxy) is 2. The van der Waals surface area contributed by atoms with Crippen LogP contribution in [0.4, 0.5) is 5.69 Å². The molecular formula is C17H17N3O3. The van der Waals surface area contributed by atoms with Gasteiger partial charge in [0.2, 0.25) is 11.7 Å². The Hall–Kier alpha value is -3.07. The highest BCUT2D eigenvalue weighted by Gasteiger charge is 2.23. The molecule has 2 N–H and O–H groups in total. The number of hydrogen-bond acceptors (Lipinski definition) is 6. The van der Waals surface area contributed by atoms with Gasteiger partial charge in [0, 0.05) is 6.20 Å². The molecule has 0 spiro atoms. The third-order valence-corrected chi connectivity index (χ3v) is 3.37. The van der Waals surface area contributed by atoms with E-state index in [1.54, 1.807) is 26.1 Å². The third-order valence-electron chi connectivity index (χ3n) is 3.37. The number of aryl methyl sites for hydroxylation is 1. The number of rotatable bonds is 5. The number of ketones is 1. The summed E-state index contributed by atoms with van der Waals surface area (Å²) in [6, 6.07) is 6.60. The fraction of sp³-hybridized carbons (Fsp3) is 0.235. The Kier molecular flexibility index (Phi) is 4.82. The van der Waals surface area contributed by atoms with Crippen LogP contribution in [0.15, 0.2) is 24.4 Å². The molecular weight excluding hydrogens is 294 g/mol. The number of pyridine rings is 1. The van der Waals surface area contributed by atoms with E-state index in [9.17, 15) is 4.79 Å². The molecule has 2 aromatic rings. The van der Waals surface area contributed by atoms with Gasteiger partial charge in [0.05, 0.1) is 36.6 Å². The molecule has 2 rings (SSSR count). The first-order chi connectivity index (χ1) is 11.0. The van der Waals surface area contributed by atoms with E-state index in [0.29, 0.717) is 34.7 Å². The molecule has 0 aliphatic carbocycles. The van der Waals surface area contributed by atoms with Gasteiger partial charge in [0.25, 0.3) is 0 Å². The summed E-state index contributed by atoms with van der Waals surface area (Å²) >= 11 is 0. The number of methoxy groups -OCH3 is 1. The summed E-state index contributed by atoms with van der Waals surface area (Å²) in [4.78, 5) is 17.1. The van der Waals surface area contributed by atoms with Crippen molar-refractivity contribution in [3.8, 4) is 17.7 Å². The highest BCUT2D eigenvalue weighted by molar-refractivity contribution is 6.15. The Morgan fingerprint density at radius 3 is 2.78 bits per heavy atom. The lowest BCUT2D eigenvalue weighted by Crippen LogP contribution is -2.12. The Labute approximate surface area is 134 Å². The fourth-order valence-corrected chi connectivity index (χ4v) is 2.15. The first-order valence-corrected chi connectivity index (χ1v) is 7.04. The molecule has 1 aromatic heterocycles. The first-order valence-electron chi connectivity index (χ1n) is 7.04. The van der Waals surface area contributed by atoms with E-state index in [1.165, 1.54) is 19.2 Å². The van der Waals surface area contributed by atoms with E-state index in [-0.39, 0.29) is 17.2 Å². The van der Waals surface area contributed by atoms with Crippen molar-refractivity contribution in [1.29, 1.82) is 5.26 Å². The van der Waals surface area contributed by atoms with E-state index in [2.05, 4.69) is 4.98 Å². The van der Waals surface area contributed by atoms with Gasteiger partial charge in [0.15, 0.2) is 0 Å². The van der Waals surface area contributed by atoms with Gasteiger partial charge in [-0.2, -0.15) is 5.26 Å². The van der Waals surface area contributed by atoms with Gasteiger partial charge in [-0.1, -0.05) is 0 Å². The van der Waals surface area contributed by atoms with Crippen LogP contribution in [0.25, 0.3) is 0 Å². The van der Waals surface area contributed by atoms with Crippen molar-refractivity contribution in [2.75, 3.05) is 19.5 Å². The van der Waals surface area contributed by atoms with Crippen molar-refractivity contribution in [1.82, 2.24) is 4.98 Å². The summed E-state index contributed by atoms with van der Waals surface area (Å²) in [6.07, 6.45) is 1.56. The summed E-state index contributed by atoms with van der Waals surface area (Å²) in [5.41, 5.74) is 7.97. The summed E-state index contributed by atoms with van der Waals surface area (Å²) in [6.45, 7) is 3.93. The van der Waals surface area contributed by atoms with E-state index in [4.69, 9.17) is 20.5 Å². The highest BCUT2D eigenvalue weighted by Crippen LogP contribution is 2.31. The largest absolute Gasteiger partial charge is 0.496 e. The molecule has 0 saturated carbocycles. The predicted octanol–water partition coefficient (Wildman–Crippen LogP) is 2.48. The lowest BCUT2D eigenvalue weighted by molar-refractivity contribution is 0.103. The van der Waals surface area contributed by atoms with Gasteiger partial charge < -0.3 is 15.2 Å². The molecule has 23 heavy (non-hydrogen) atoms. The highest BCUT2D eigenvalue weighted by atomic mass is 16.5. The number of aromatic nitrogens is 1. The molecule has 0 fully saturated rings. The van der Waals surface area contributed by atoms with Gasteiger partial charge in [-0.15, -0.1) is 0 Å². The van der Waals surface area contributed by atoms with Crippen LogP contribution in [0.2, 0.25) is 0 Å². The minimum Gasteiger partial charge on any atom is -0.496 e. The van der Waals surface area contributed by atoms with Crippen LogP contribution in [0.1, 0.15) is 34.0 Å². The summed E-state index contributed by atoms with van der Waals surface area (Å²) < 4.78 is 10.7. The SMILES string of the molecule is CCOc1ncc(C)c(N)c1C(=O)c1ccc(C#N)cc1OC. The van der Waals surface area contributed by atoms with E-state index in [1.807, 2.05) is 6.07 Å². The van der Waals surface area contributed by atoms with Crippen LogP contribution in [-0.2, 0) is 0 Å². The van der Waals surface area contributed by atoms with Crippen LogP contribution >= 0.6 is 0 Å². The second-order valence-electron chi connectivity index (χ2n) is 4.82. The number of hydrogen-bond donors (Lipinski definition) is 1. The smallest absolute Gasteiger partial charge is 0.226 e. The average molecular weight is 311 g/mol.